The average Bonchev–Trinajstić information content (AvgIpc) is 2.96. The van der Waals surface area contributed by atoms with E-state index in [1.807, 2.05) is 31.2 Å². The maximum Gasteiger partial charge on any atom is 0.416 e. The third-order valence-corrected chi connectivity index (χ3v) is 4.75. The van der Waals surface area contributed by atoms with Crippen LogP contribution in [0.25, 0.3) is 0 Å². The van der Waals surface area contributed by atoms with Crippen LogP contribution in [0, 0.1) is 6.92 Å². The Bertz CT molecular complexity index is 771. The first-order valence-electron chi connectivity index (χ1n) is 7.00. The lowest BCUT2D eigenvalue weighted by atomic mass is 10.1. The third kappa shape index (κ3) is 3.37. The van der Waals surface area contributed by atoms with Crippen LogP contribution in [0.2, 0.25) is 0 Å². The Balaban J connectivity index is 1.90. The maximum atomic E-state index is 12.7. The molecule has 2 nitrogen and oxygen atoms in total. The van der Waals surface area contributed by atoms with Crippen molar-refractivity contribution in [2.75, 3.05) is 5.75 Å². The molecular weight excluding hydrogens is 323 g/mol. The van der Waals surface area contributed by atoms with E-state index in [0.717, 1.165) is 23.3 Å². The van der Waals surface area contributed by atoms with E-state index in [2.05, 4.69) is 4.99 Å². The van der Waals surface area contributed by atoms with Crippen molar-refractivity contribution >= 4 is 17.5 Å². The van der Waals surface area contributed by atoms with E-state index in [4.69, 9.17) is 0 Å². The zero-order chi connectivity index (χ0) is 16.6. The van der Waals surface area contributed by atoms with E-state index < -0.39 is 11.7 Å². The van der Waals surface area contributed by atoms with Gasteiger partial charge in [0.1, 0.15) is 11.1 Å². The molecule has 0 fully saturated rings. The molecule has 0 saturated heterocycles. The predicted octanol–water partition coefficient (Wildman–Crippen LogP) is 4.95. The first kappa shape index (κ1) is 15.9. The Morgan fingerprint density at radius 3 is 2.61 bits per heavy atom. The molecule has 0 radical (unpaired) electrons. The topological polar surface area (TPSA) is 32.6 Å². The molecule has 2 aromatic rings. The molecule has 1 aliphatic heterocycles. The van der Waals surface area contributed by atoms with Crippen molar-refractivity contribution in [2.24, 2.45) is 4.99 Å². The van der Waals surface area contributed by atoms with Gasteiger partial charge in [-0.05, 0) is 30.7 Å². The van der Waals surface area contributed by atoms with Gasteiger partial charge < -0.3 is 5.11 Å². The summed E-state index contributed by atoms with van der Waals surface area (Å²) < 4.78 is 38.0. The molecule has 0 aliphatic carbocycles. The van der Waals surface area contributed by atoms with Gasteiger partial charge in [0.25, 0.3) is 0 Å². The van der Waals surface area contributed by atoms with Crippen molar-refractivity contribution in [3.05, 3.63) is 64.7 Å². The first-order valence-corrected chi connectivity index (χ1v) is 8.05. The van der Waals surface area contributed by atoms with Gasteiger partial charge >= 0.3 is 6.18 Å². The van der Waals surface area contributed by atoms with Gasteiger partial charge in [-0.25, -0.2) is 0 Å². The standard InChI is InChI=1S/C17H14F3NOS/c1-10-3-2-4-11(7-10)16-21-14(9-23-16)13-6-5-12(8-15(13)22)17(18,19)20/h2-8,16,22H,9H2,1H3. The number of alkyl halides is 3. The summed E-state index contributed by atoms with van der Waals surface area (Å²) in [4.78, 5) is 4.56. The average molecular weight is 337 g/mol. The van der Waals surface area contributed by atoms with Crippen LogP contribution in [0.1, 0.15) is 27.6 Å². The fourth-order valence-corrected chi connectivity index (χ4v) is 3.55. The van der Waals surface area contributed by atoms with Crippen molar-refractivity contribution in [3.63, 3.8) is 0 Å². The van der Waals surface area contributed by atoms with E-state index in [0.29, 0.717) is 17.0 Å². The monoisotopic (exact) mass is 337 g/mol. The molecule has 1 heterocycles. The summed E-state index contributed by atoms with van der Waals surface area (Å²) in [7, 11) is 0. The summed E-state index contributed by atoms with van der Waals surface area (Å²) in [5, 5.41) is 9.83. The van der Waals surface area contributed by atoms with Gasteiger partial charge in [-0.2, -0.15) is 13.2 Å². The maximum absolute atomic E-state index is 12.7. The number of hydrogen-bond acceptors (Lipinski definition) is 3. The van der Waals surface area contributed by atoms with Crippen LogP contribution in [-0.4, -0.2) is 16.6 Å². The highest BCUT2D eigenvalue weighted by Gasteiger charge is 2.32. The largest absolute Gasteiger partial charge is 0.507 e. The van der Waals surface area contributed by atoms with E-state index in [1.165, 1.54) is 6.07 Å². The summed E-state index contributed by atoms with van der Waals surface area (Å²) in [5.41, 5.74) is 2.30. The number of rotatable bonds is 2. The zero-order valence-electron chi connectivity index (χ0n) is 12.3. The minimum Gasteiger partial charge on any atom is -0.507 e. The second-order valence-electron chi connectivity index (χ2n) is 5.38. The highest BCUT2D eigenvalue weighted by Crippen LogP contribution is 2.39. The van der Waals surface area contributed by atoms with Crippen molar-refractivity contribution in [1.29, 1.82) is 0 Å². The number of thioether (sulfide) groups is 1. The smallest absolute Gasteiger partial charge is 0.416 e. The SMILES string of the molecule is Cc1cccc(C2N=C(c3ccc(C(F)(F)F)cc3O)CS2)c1. The Hall–Kier alpha value is -1.95. The molecule has 3 rings (SSSR count). The number of nitrogens with zero attached hydrogens (tertiary/aromatic N) is 1. The summed E-state index contributed by atoms with van der Waals surface area (Å²) in [6, 6.07) is 11.0. The van der Waals surface area contributed by atoms with Crippen LogP contribution < -0.4 is 0 Å². The highest BCUT2D eigenvalue weighted by atomic mass is 32.2. The lowest BCUT2D eigenvalue weighted by molar-refractivity contribution is -0.137. The van der Waals surface area contributed by atoms with Gasteiger partial charge in [-0.1, -0.05) is 29.8 Å². The van der Waals surface area contributed by atoms with E-state index >= 15 is 0 Å². The molecule has 0 bridgehead atoms. The lowest BCUT2D eigenvalue weighted by Gasteiger charge is -2.09. The van der Waals surface area contributed by atoms with E-state index in [9.17, 15) is 18.3 Å². The quantitative estimate of drug-likeness (QED) is 0.840. The molecule has 2 aromatic carbocycles. The summed E-state index contributed by atoms with van der Waals surface area (Å²) >= 11 is 1.59. The second kappa shape index (κ2) is 5.92. The summed E-state index contributed by atoms with van der Waals surface area (Å²) in [6.45, 7) is 2.00. The van der Waals surface area contributed by atoms with Crippen LogP contribution in [-0.2, 0) is 6.18 Å². The van der Waals surface area contributed by atoms with Crippen LogP contribution >= 0.6 is 11.8 Å². The van der Waals surface area contributed by atoms with E-state index in [1.54, 1.807) is 11.8 Å². The summed E-state index contributed by atoms with van der Waals surface area (Å²) in [6.07, 6.45) is -4.47. The molecule has 0 amide bonds. The fourth-order valence-electron chi connectivity index (χ4n) is 2.47. The Morgan fingerprint density at radius 2 is 1.96 bits per heavy atom. The minimum atomic E-state index is -4.47. The minimum absolute atomic E-state index is 0.0911. The Morgan fingerprint density at radius 1 is 1.17 bits per heavy atom. The van der Waals surface area contributed by atoms with Crippen molar-refractivity contribution < 1.29 is 18.3 Å². The molecule has 0 saturated carbocycles. The number of phenols is 1. The normalized spacial score (nSPS) is 18.1. The molecule has 0 aromatic heterocycles. The van der Waals surface area contributed by atoms with Crippen LogP contribution in [0.15, 0.2) is 47.5 Å². The van der Waals surface area contributed by atoms with Gasteiger partial charge in [0, 0.05) is 11.3 Å². The Kier molecular flexibility index (Phi) is 4.10. The van der Waals surface area contributed by atoms with E-state index in [-0.39, 0.29) is 11.1 Å². The number of hydrogen-bond donors (Lipinski definition) is 1. The molecule has 0 spiro atoms. The molecule has 120 valence electrons. The number of halogens is 3. The number of aryl methyl sites for hydroxylation is 1. The van der Waals surface area contributed by atoms with Gasteiger partial charge in [0.15, 0.2) is 0 Å². The third-order valence-electron chi connectivity index (χ3n) is 3.61. The zero-order valence-corrected chi connectivity index (χ0v) is 13.1. The molecule has 1 N–H and O–H groups in total. The number of benzene rings is 2. The molecule has 6 heteroatoms. The van der Waals surface area contributed by atoms with Crippen LogP contribution in [0.4, 0.5) is 13.2 Å². The van der Waals surface area contributed by atoms with Crippen LogP contribution in [0.3, 0.4) is 0 Å². The fraction of sp³-hybridized carbons (Fsp3) is 0.235. The highest BCUT2D eigenvalue weighted by molar-refractivity contribution is 8.00. The van der Waals surface area contributed by atoms with Gasteiger partial charge in [-0.3, -0.25) is 4.99 Å². The van der Waals surface area contributed by atoms with Crippen LogP contribution in [0.5, 0.6) is 5.75 Å². The first-order chi connectivity index (χ1) is 10.8. The predicted molar refractivity (Wildman–Crippen MR) is 86.0 cm³/mol. The summed E-state index contributed by atoms with van der Waals surface area (Å²) in [5.74, 6) is 0.168. The molecule has 1 unspecified atom stereocenters. The van der Waals surface area contributed by atoms with Crippen molar-refractivity contribution in [3.8, 4) is 5.75 Å². The van der Waals surface area contributed by atoms with Gasteiger partial charge in [0.05, 0.1) is 11.3 Å². The molecular formula is C17H14F3NOS. The number of phenolic OH excluding ortho intramolecular Hbond substituents is 1. The molecule has 1 atom stereocenters. The van der Waals surface area contributed by atoms with Gasteiger partial charge in [-0.15, -0.1) is 11.8 Å². The van der Waals surface area contributed by atoms with Crippen molar-refractivity contribution in [1.82, 2.24) is 0 Å². The molecule has 1 aliphatic rings. The lowest BCUT2D eigenvalue weighted by Crippen LogP contribution is -2.07. The second-order valence-corrected chi connectivity index (χ2v) is 6.45. The number of aliphatic imine (C=N–C) groups is 1. The number of aromatic hydroxyl groups is 1. The molecule has 23 heavy (non-hydrogen) atoms. The van der Waals surface area contributed by atoms with Gasteiger partial charge in [0.2, 0.25) is 0 Å². The van der Waals surface area contributed by atoms with Crippen molar-refractivity contribution in [2.45, 2.75) is 18.5 Å². The Labute approximate surface area is 136 Å².